The minimum absolute atomic E-state index is 0.00776. The highest BCUT2D eigenvalue weighted by atomic mass is 16.1. The van der Waals surface area contributed by atoms with E-state index in [4.69, 9.17) is 6.42 Å². The van der Waals surface area contributed by atoms with E-state index in [2.05, 4.69) is 33.8 Å². The molecule has 0 radical (unpaired) electrons. The van der Waals surface area contributed by atoms with Gasteiger partial charge in [0.25, 0.3) is 5.56 Å². The maximum atomic E-state index is 12.3. The predicted molar refractivity (Wildman–Crippen MR) is 91.0 cm³/mol. The molecule has 4 heteroatoms. The molecule has 0 unspecified atom stereocenters. The van der Waals surface area contributed by atoms with Crippen molar-refractivity contribution in [3.05, 3.63) is 62.8 Å². The average molecular weight is 307 g/mol. The molecule has 1 aromatic heterocycles. The number of fused-ring (bicyclic) bond motifs is 1. The molecule has 0 aliphatic carbocycles. The SMILES string of the molecule is C#Cc1ccccc1CN1CCc2nc(CCC)[nH]c(=O)c2C1. The summed E-state index contributed by atoms with van der Waals surface area (Å²) in [6.07, 6.45) is 8.19. The molecule has 0 saturated carbocycles. The van der Waals surface area contributed by atoms with Crippen LogP contribution in [0.1, 0.15) is 41.6 Å². The molecule has 2 aromatic rings. The normalized spacial score (nSPS) is 14.3. The summed E-state index contributed by atoms with van der Waals surface area (Å²) in [7, 11) is 0. The van der Waals surface area contributed by atoms with Gasteiger partial charge in [-0.1, -0.05) is 31.0 Å². The second-order valence-corrected chi connectivity index (χ2v) is 5.95. The van der Waals surface area contributed by atoms with Crippen molar-refractivity contribution in [1.29, 1.82) is 0 Å². The Balaban J connectivity index is 1.81. The van der Waals surface area contributed by atoms with Crippen LogP contribution < -0.4 is 5.56 Å². The quantitative estimate of drug-likeness (QED) is 0.882. The van der Waals surface area contributed by atoms with Crippen molar-refractivity contribution in [2.45, 2.75) is 39.3 Å². The smallest absolute Gasteiger partial charge is 0.255 e. The monoisotopic (exact) mass is 307 g/mol. The average Bonchev–Trinajstić information content (AvgIpc) is 2.56. The van der Waals surface area contributed by atoms with Crippen LogP contribution in [0.3, 0.4) is 0 Å². The summed E-state index contributed by atoms with van der Waals surface area (Å²) in [6.45, 7) is 4.37. The lowest BCUT2D eigenvalue weighted by molar-refractivity contribution is 0.241. The van der Waals surface area contributed by atoms with Gasteiger partial charge < -0.3 is 4.98 Å². The summed E-state index contributed by atoms with van der Waals surface area (Å²) >= 11 is 0. The molecular formula is C19H21N3O. The first kappa shape index (κ1) is 15.5. The highest BCUT2D eigenvalue weighted by molar-refractivity contribution is 5.39. The van der Waals surface area contributed by atoms with Gasteiger partial charge in [-0.3, -0.25) is 9.69 Å². The second-order valence-electron chi connectivity index (χ2n) is 5.95. The molecule has 23 heavy (non-hydrogen) atoms. The Morgan fingerprint density at radius 3 is 3.00 bits per heavy atom. The van der Waals surface area contributed by atoms with E-state index in [0.717, 1.165) is 60.6 Å². The molecule has 0 fully saturated rings. The Labute approximate surface area is 136 Å². The fraction of sp³-hybridized carbons (Fsp3) is 0.368. The summed E-state index contributed by atoms with van der Waals surface area (Å²) in [5, 5.41) is 0. The van der Waals surface area contributed by atoms with Crippen LogP contribution in [-0.4, -0.2) is 21.4 Å². The lowest BCUT2D eigenvalue weighted by atomic mass is 10.0. The third-order valence-electron chi connectivity index (χ3n) is 4.25. The first-order chi connectivity index (χ1) is 11.2. The van der Waals surface area contributed by atoms with Gasteiger partial charge in [-0.2, -0.15) is 0 Å². The maximum absolute atomic E-state index is 12.3. The van der Waals surface area contributed by atoms with E-state index >= 15 is 0 Å². The topological polar surface area (TPSA) is 49.0 Å². The number of aromatic nitrogens is 2. The summed E-state index contributed by atoms with van der Waals surface area (Å²) < 4.78 is 0. The molecule has 0 amide bonds. The minimum atomic E-state index is 0.00776. The third-order valence-corrected chi connectivity index (χ3v) is 4.25. The van der Waals surface area contributed by atoms with Crippen LogP contribution in [0, 0.1) is 12.3 Å². The van der Waals surface area contributed by atoms with Crippen molar-refractivity contribution in [3.8, 4) is 12.3 Å². The molecule has 1 aliphatic heterocycles. The van der Waals surface area contributed by atoms with E-state index in [1.807, 2.05) is 18.2 Å². The van der Waals surface area contributed by atoms with E-state index in [1.165, 1.54) is 0 Å². The number of terminal acetylenes is 1. The number of benzene rings is 1. The van der Waals surface area contributed by atoms with Crippen molar-refractivity contribution in [2.75, 3.05) is 6.54 Å². The maximum Gasteiger partial charge on any atom is 0.255 e. The molecule has 118 valence electrons. The Morgan fingerprint density at radius 1 is 1.39 bits per heavy atom. The van der Waals surface area contributed by atoms with Gasteiger partial charge in [0.1, 0.15) is 5.82 Å². The van der Waals surface area contributed by atoms with Crippen molar-refractivity contribution < 1.29 is 0 Å². The van der Waals surface area contributed by atoms with E-state index in [9.17, 15) is 4.79 Å². The first-order valence-corrected chi connectivity index (χ1v) is 8.09. The molecule has 4 nitrogen and oxygen atoms in total. The number of hydrogen-bond acceptors (Lipinski definition) is 3. The first-order valence-electron chi connectivity index (χ1n) is 8.09. The number of rotatable bonds is 4. The fourth-order valence-corrected chi connectivity index (χ4v) is 3.06. The van der Waals surface area contributed by atoms with Crippen LogP contribution >= 0.6 is 0 Å². The number of aryl methyl sites for hydroxylation is 1. The lowest BCUT2D eigenvalue weighted by Crippen LogP contribution is -2.36. The van der Waals surface area contributed by atoms with Crippen LogP contribution in [0.15, 0.2) is 29.1 Å². The van der Waals surface area contributed by atoms with Gasteiger partial charge in [-0.05, 0) is 18.1 Å². The van der Waals surface area contributed by atoms with Crippen molar-refractivity contribution >= 4 is 0 Å². The molecule has 3 rings (SSSR count). The van der Waals surface area contributed by atoms with E-state index in [0.29, 0.717) is 6.54 Å². The molecule has 0 saturated heterocycles. The fourth-order valence-electron chi connectivity index (χ4n) is 3.06. The number of nitrogens with one attached hydrogen (secondary N) is 1. The van der Waals surface area contributed by atoms with Gasteiger partial charge in [0.15, 0.2) is 0 Å². The number of hydrogen-bond donors (Lipinski definition) is 1. The molecule has 0 atom stereocenters. The van der Waals surface area contributed by atoms with Crippen LogP contribution in [0.25, 0.3) is 0 Å². The zero-order chi connectivity index (χ0) is 16.2. The Kier molecular flexibility index (Phi) is 4.59. The molecule has 0 spiro atoms. The van der Waals surface area contributed by atoms with Gasteiger partial charge >= 0.3 is 0 Å². The van der Waals surface area contributed by atoms with Crippen molar-refractivity contribution in [2.24, 2.45) is 0 Å². The van der Waals surface area contributed by atoms with E-state index in [1.54, 1.807) is 0 Å². The molecule has 1 aromatic carbocycles. The van der Waals surface area contributed by atoms with Crippen molar-refractivity contribution in [1.82, 2.24) is 14.9 Å². The van der Waals surface area contributed by atoms with Gasteiger partial charge in [-0.15, -0.1) is 6.42 Å². The van der Waals surface area contributed by atoms with Gasteiger partial charge in [-0.25, -0.2) is 4.98 Å². The van der Waals surface area contributed by atoms with Crippen LogP contribution in [0.2, 0.25) is 0 Å². The molecule has 2 heterocycles. The third kappa shape index (κ3) is 3.35. The van der Waals surface area contributed by atoms with E-state index in [-0.39, 0.29) is 5.56 Å². The standard InChI is InChI=1S/C19H21N3O/c1-3-7-18-20-17-10-11-22(13-16(17)19(23)21-18)12-15-9-6-5-8-14(15)4-2/h2,5-6,8-9H,3,7,10-13H2,1H3,(H,20,21,23). The Morgan fingerprint density at radius 2 is 2.22 bits per heavy atom. The van der Waals surface area contributed by atoms with Gasteiger partial charge in [0, 0.05) is 38.0 Å². The van der Waals surface area contributed by atoms with Crippen LogP contribution in [0.5, 0.6) is 0 Å². The zero-order valence-electron chi connectivity index (χ0n) is 13.4. The summed E-state index contributed by atoms with van der Waals surface area (Å²) in [4.78, 5) is 22.1. The predicted octanol–water partition coefficient (Wildman–Crippen LogP) is 2.26. The number of aromatic amines is 1. The lowest BCUT2D eigenvalue weighted by Gasteiger charge is -2.28. The molecule has 1 aliphatic rings. The Bertz CT molecular complexity index is 801. The zero-order valence-corrected chi connectivity index (χ0v) is 13.4. The summed E-state index contributed by atoms with van der Waals surface area (Å²) in [5.41, 5.74) is 3.82. The number of H-pyrrole nitrogens is 1. The highest BCUT2D eigenvalue weighted by Crippen LogP contribution is 2.18. The van der Waals surface area contributed by atoms with Crippen LogP contribution in [0.4, 0.5) is 0 Å². The van der Waals surface area contributed by atoms with Crippen molar-refractivity contribution in [3.63, 3.8) is 0 Å². The Hall–Kier alpha value is -2.38. The number of nitrogens with zero attached hydrogens (tertiary/aromatic N) is 2. The minimum Gasteiger partial charge on any atom is -0.310 e. The van der Waals surface area contributed by atoms with Crippen LogP contribution in [-0.2, 0) is 25.9 Å². The second kappa shape index (κ2) is 6.80. The summed E-state index contributed by atoms with van der Waals surface area (Å²) in [5.74, 6) is 3.54. The van der Waals surface area contributed by atoms with E-state index < -0.39 is 0 Å². The molecule has 0 bridgehead atoms. The molecule has 1 N–H and O–H groups in total. The highest BCUT2D eigenvalue weighted by Gasteiger charge is 2.21. The van der Waals surface area contributed by atoms with Gasteiger partial charge in [0.2, 0.25) is 0 Å². The largest absolute Gasteiger partial charge is 0.310 e. The van der Waals surface area contributed by atoms with Gasteiger partial charge in [0.05, 0.1) is 11.3 Å². The summed E-state index contributed by atoms with van der Waals surface area (Å²) in [6, 6.07) is 7.96. The molecular weight excluding hydrogens is 286 g/mol.